The van der Waals surface area contributed by atoms with Crippen molar-refractivity contribution >= 4 is 47.5 Å². The number of aliphatic carboxylic acids is 1. The number of nitrogens with two attached hydrogens (primary N) is 2. The zero-order valence-electron chi connectivity index (χ0n) is 38.7. The van der Waals surface area contributed by atoms with Gasteiger partial charge >= 0.3 is 12.0 Å². The third kappa shape index (κ3) is 17.4. The van der Waals surface area contributed by atoms with Crippen LogP contribution in [0.5, 0.6) is 11.5 Å². The first-order valence-corrected chi connectivity index (χ1v) is 22.7. The monoisotopic (exact) mass is 923 g/mol. The summed E-state index contributed by atoms with van der Waals surface area (Å²) in [5.74, 6) is -5.28. The van der Waals surface area contributed by atoms with Crippen molar-refractivity contribution < 1.29 is 48.9 Å². The zero-order chi connectivity index (χ0) is 48.9. The van der Waals surface area contributed by atoms with E-state index < -0.39 is 83.7 Å². The smallest absolute Gasteiger partial charge is 0.326 e. The predicted molar refractivity (Wildman–Crippen MR) is 248 cm³/mol. The van der Waals surface area contributed by atoms with Crippen molar-refractivity contribution in [2.75, 3.05) is 20.1 Å². The molecule has 1 aliphatic rings. The van der Waals surface area contributed by atoms with Crippen LogP contribution in [0.2, 0.25) is 0 Å². The van der Waals surface area contributed by atoms with Crippen LogP contribution >= 0.6 is 0 Å². The number of carbonyl (C=O) groups excluding carboxylic acids is 6. The van der Waals surface area contributed by atoms with E-state index in [0.717, 1.165) is 11.1 Å². The number of aryl methyl sites for hydroxylation is 2. The van der Waals surface area contributed by atoms with Crippen molar-refractivity contribution in [2.45, 2.75) is 135 Å². The Balaban J connectivity index is 2.06. The number of nitrogens with one attached hydrogen (secondary N) is 6. The minimum atomic E-state index is -1.35. The fourth-order valence-electron chi connectivity index (χ4n) is 7.45. The Morgan fingerprint density at radius 3 is 1.88 bits per heavy atom. The first kappa shape index (κ1) is 53.7. The third-order valence-electron chi connectivity index (χ3n) is 12.0. The first-order valence-electron chi connectivity index (χ1n) is 22.7. The van der Waals surface area contributed by atoms with E-state index in [1.165, 1.54) is 36.2 Å². The van der Waals surface area contributed by atoms with E-state index in [2.05, 4.69) is 36.9 Å². The van der Waals surface area contributed by atoms with Gasteiger partial charge in [-0.2, -0.15) is 0 Å². The molecule has 0 saturated carbocycles. The summed E-state index contributed by atoms with van der Waals surface area (Å²) in [5.41, 5.74) is 12.2. The minimum absolute atomic E-state index is 0.0224. The molecule has 2 aromatic carbocycles. The molecule has 0 spiro atoms. The van der Waals surface area contributed by atoms with Gasteiger partial charge in [0, 0.05) is 20.1 Å². The average Bonchev–Trinajstić information content (AvgIpc) is 3.28. The molecule has 1 fully saturated rings. The number of aromatic hydroxyl groups is 2. The molecule has 20 nitrogen and oxygen atoms in total. The zero-order valence-corrected chi connectivity index (χ0v) is 38.7. The van der Waals surface area contributed by atoms with Crippen LogP contribution < -0.4 is 43.4 Å². The molecule has 20 heteroatoms. The highest BCUT2D eigenvalue weighted by atomic mass is 16.4. The van der Waals surface area contributed by atoms with Crippen molar-refractivity contribution in [3.63, 3.8) is 0 Å². The molecule has 1 saturated heterocycles. The minimum Gasteiger partial charge on any atom is -0.508 e. The molecular formula is C46H70N10O10. The SMILES string of the molecule is CC[C@H](C)C1NC(=O)[C@H](CCc2ccc(O)cc2)N(C)C(=O)[C@H](CCc2ccc(O)cc2)NC(=O)[C@H]([C@@H](C)CC)NC(=O)[C@H](NC(=O)N[C@@H](CCCN=C(N)N)C(=O)O)CCCCNC1=O. The number of carboxylic acids is 1. The highest BCUT2D eigenvalue weighted by molar-refractivity contribution is 5.96. The highest BCUT2D eigenvalue weighted by Gasteiger charge is 2.37. The summed E-state index contributed by atoms with van der Waals surface area (Å²) in [6.45, 7) is 7.53. The molecule has 364 valence electrons. The van der Waals surface area contributed by atoms with E-state index in [0.29, 0.717) is 25.7 Å². The second-order valence-corrected chi connectivity index (χ2v) is 17.0. The van der Waals surface area contributed by atoms with Gasteiger partial charge in [-0.05, 0) is 105 Å². The van der Waals surface area contributed by atoms with Gasteiger partial charge in [0.05, 0.1) is 0 Å². The van der Waals surface area contributed by atoms with Crippen molar-refractivity contribution in [1.82, 2.24) is 36.8 Å². The van der Waals surface area contributed by atoms with Crippen LogP contribution in [0.4, 0.5) is 4.79 Å². The van der Waals surface area contributed by atoms with Crippen LogP contribution in [0.3, 0.4) is 0 Å². The molecule has 0 aliphatic carbocycles. The van der Waals surface area contributed by atoms with Gasteiger partial charge in [-0.3, -0.25) is 29.0 Å². The van der Waals surface area contributed by atoms with E-state index in [1.54, 1.807) is 31.2 Å². The lowest BCUT2D eigenvalue weighted by Crippen LogP contribution is -2.61. The van der Waals surface area contributed by atoms with Crippen LogP contribution in [-0.4, -0.2) is 124 Å². The molecule has 1 heterocycles. The number of phenolic OH excluding ortho intramolecular Hbond substituents is 2. The molecule has 0 bridgehead atoms. The molecule has 8 atom stereocenters. The molecule has 0 radical (unpaired) electrons. The Morgan fingerprint density at radius 1 is 0.788 bits per heavy atom. The van der Waals surface area contributed by atoms with Crippen LogP contribution in [0.1, 0.15) is 96.6 Å². The summed E-state index contributed by atoms with van der Waals surface area (Å²) in [4.78, 5) is 102. The summed E-state index contributed by atoms with van der Waals surface area (Å²) < 4.78 is 0. The van der Waals surface area contributed by atoms with Gasteiger partial charge in [0.1, 0.15) is 47.8 Å². The number of urea groups is 1. The fraction of sp³-hybridized carbons (Fsp3) is 0.565. The highest BCUT2D eigenvalue weighted by Crippen LogP contribution is 2.19. The lowest BCUT2D eigenvalue weighted by atomic mass is 9.95. The van der Waals surface area contributed by atoms with Gasteiger partial charge in [0.25, 0.3) is 0 Å². The normalized spacial score (nSPS) is 21.8. The maximum absolute atomic E-state index is 14.8. The number of likely N-dealkylation sites (N-methyl/N-ethyl adjacent to an activating group) is 1. The molecular weight excluding hydrogens is 853 g/mol. The van der Waals surface area contributed by atoms with E-state index in [1.807, 2.05) is 20.8 Å². The Morgan fingerprint density at radius 2 is 1.33 bits per heavy atom. The molecule has 2 aromatic rings. The number of nitrogens with zero attached hydrogens (tertiary/aromatic N) is 2. The lowest BCUT2D eigenvalue weighted by molar-refractivity contribution is -0.143. The van der Waals surface area contributed by atoms with Gasteiger partial charge in [-0.25, -0.2) is 9.59 Å². The number of hydrogen-bond donors (Lipinski definition) is 11. The molecule has 3 rings (SSSR count). The van der Waals surface area contributed by atoms with Crippen LogP contribution in [0.15, 0.2) is 53.5 Å². The first-order chi connectivity index (χ1) is 31.3. The van der Waals surface area contributed by atoms with Crippen molar-refractivity contribution in [2.24, 2.45) is 28.3 Å². The second-order valence-electron chi connectivity index (χ2n) is 17.0. The Hall–Kier alpha value is -6.60. The number of benzene rings is 2. The molecule has 1 unspecified atom stereocenters. The Labute approximate surface area is 386 Å². The Kier molecular flexibility index (Phi) is 22.0. The largest absolute Gasteiger partial charge is 0.508 e. The van der Waals surface area contributed by atoms with E-state index in [4.69, 9.17) is 11.5 Å². The van der Waals surface area contributed by atoms with E-state index in [-0.39, 0.29) is 81.4 Å². The number of amides is 7. The van der Waals surface area contributed by atoms with Gasteiger partial charge in [-0.15, -0.1) is 0 Å². The van der Waals surface area contributed by atoms with Gasteiger partial charge in [0.2, 0.25) is 29.5 Å². The number of carbonyl (C=O) groups is 7. The van der Waals surface area contributed by atoms with Crippen molar-refractivity contribution in [3.8, 4) is 11.5 Å². The average molecular weight is 923 g/mol. The molecule has 7 amide bonds. The topological polar surface area (TPSA) is 320 Å². The summed E-state index contributed by atoms with van der Waals surface area (Å²) in [7, 11) is 1.46. The number of carboxylic acid groups (broad SMARTS) is 1. The summed E-state index contributed by atoms with van der Waals surface area (Å²) in [5, 5.41) is 46.0. The molecule has 13 N–H and O–H groups in total. The fourth-order valence-corrected chi connectivity index (χ4v) is 7.45. The lowest BCUT2D eigenvalue weighted by Gasteiger charge is -2.34. The summed E-state index contributed by atoms with van der Waals surface area (Å²) >= 11 is 0. The maximum Gasteiger partial charge on any atom is 0.326 e. The number of hydrogen-bond acceptors (Lipinski definition) is 10. The standard InChI is InChI=1S/C46H70N10O10/c1-6-27(3)37-41(61)49-25-9-8-11-33(52-46(66)53-35(44(64)65)12-10-26-50-45(47)48)39(59)54-38(28(4)7-2)42(62)51-34(23-17-29-13-19-31(57)20-14-29)43(63)56(5)36(40(60)55-37)24-18-30-15-21-32(58)22-16-30/h13-16,19-22,27-28,33-38,57-58H,6-12,17-18,23-26H2,1-5H3,(H,49,61)(H,51,62)(H,54,59)(H,55,60)(H,64,65)(H4,47,48,50)(H2,52,53,66)/t27-,28-,33+,34-,35-,36-,37?,38-/m0/s1. The maximum atomic E-state index is 14.8. The quantitative estimate of drug-likeness (QED) is 0.0612. The second kappa shape index (κ2) is 27.0. The number of rotatable bonds is 17. The van der Waals surface area contributed by atoms with E-state index >= 15 is 0 Å². The molecule has 1 aliphatic heterocycles. The van der Waals surface area contributed by atoms with Crippen LogP contribution in [-0.2, 0) is 41.6 Å². The third-order valence-corrected chi connectivity index (χ3v) is 12.0. The van der Waals surface area contributed by atoms with Gasteiger partial charge in [-0.1, -0.05) is 64.8 Å². The molecule has 0 aromatic heterocycles. The summed E-state index contributed by atoms with van der Waals surface area (Å²) in [6, 6.07) is 4.68. The van der Waals surface area contributed by atoms with Crippen molar-refractivity contribution in [3.05, 3.63) is 59.7 Å². The predicted octanol–water partition coefficient (Wildman–Crippen LogP) is 1.51. The van der Waals surface area contributed by atoms with Gasteiger partial charge in [0.15, 0.2) is 5.96 Å². The number of aliphatic imine (C=N–C) groups is 1. The van der Waals surface area contributed by atoms with Crippen LogP contribution in [0, 0.1) is 11.8 Å². The van der Waals surface area contributed by atoms with Crippen LogP contribution in [0.25, 0.3) is 0 Å². The molecule has 66 heavy (non-hydrogen) atoms. The Bertz CT molecular complexity index is 1960. The number of guanidine groups is 1. The van der Waals surface area contributed by atoms with Gasteiger partial charge < -0.3 is 63.6 Å². The summed E-state index contributed by atoms with van der Waals surface area (Å²) in [6.07, 6.45) is 2.54. The van der Waals surface area contributed by atoms with Crippen molar-refractivity contribution in [1.29, 1.82) is 0 Å². The van der Waals surface area contributed by atoms with E-state index in [9.17, 15) is 48.9 Å². The number of phenols is 2.